The predicted octanol–water partition coefficient (Wildman–Crippen LogP) is 1.76. The summed E-state index contributed by atoms with van der Waals surface area (Å²) in [6.45, 7) is 0.792. The first-order valence-electron chi connectivity index (χ1n) is 8.52. The smallest absolute Gasteiger partial charge is 0.341 e. The number of fused-ring (bicyclic) bond motifs is 1. The van der Waals surface area contributed by atoms with Crippen LogP contribution in [0.3, 0.4) is 0 Å². The highest BCUT2D eigenvalue weighted by molar-refractivity contribution is 6.17. The fourth-order valence-corrected chi connectivity index (χ4v) is 3.35. The summed E-state index contributed by atoms with van der Waals surface area (Å²) in [5.74, 6) is -0.773. The van der Waals surface area contributed by atoms with Crippen molar-refractivity contribution < 1.29 is 24.6 Å². The van der Waals surface area contributed by atoms with Crippen molar-refractivity contribution in [3.8, 4) is 12.3 Å². The van der Waals surface area contributed by atoms with E-state index in [9.17, 15) is 29.4 Å². The summed E-state index contributed by atoms with van der Waals surface area (Å²) in [5.41, 5.74) is -0.817. The van der Waals surface area contributed by atoms with Gasteiger partial charge in [0.1, 0.15) is 17.6 Å². The molecule has 0 aliphatic heterocycles. The average Bonchev–Trinajstić information content (AvgIpc) is 2.96. The Morgan fingerprint density at radius 1 is 1.10 bits per heavy atom. The van der Waals surface area contributed by atoms with E-state index in [1.807, 2.05) is 0 Å². The SMILES string of the molecule is C#CCn1cc(C(=O)O)c(=O)c2c1c(C(=O)c1ccccc1)c(C)n2CC(=O)O. The van der Waals surface area contributed by atoms with Crippen LogP contribution < -0.4 is 5.43 Å². The second kappa shape index (κ2) is 7.48. The van der Waals surface area contributed by atoms with Crippen LogP contribution >= 0.6 is 0 Å². The van der Waals surface area contributed by atoms with E-state index in [4.69, 9.17) is 6.42 Å². The fourth-order valence-electron chi connectivity index (χ4n) is 3.35. The Kier molecular flexibility index (Phi) is 5.07. The van der Waals surface area contributed by atoms with Crippen molar-refractivity contribution in [3.63, 3.8) is 0 Å². The maximum Gasteiger partial charge on any atom is 0.341 e. The highest BCUT2D eigenvalue weighted by atomic mass is 16.4. The fraction of sp³-hybridized carbons (Fsp3) is 0.143. The van der Waals surface area contributed by atoms with Gasteiger partial charge in [-0.1, -0.05) is 36.3 Å². The van der Waals surface area contributed by atoms with Crippen LogP contribution in [0.4, 0.5) is 0 Å². The summed E-state index contributed by atoms with van der Waals surface area (Å²) in [6, 6.07) is 8.28. The van der Waals surface area contributed by atoms with Crippen molar-refractivity contribution in [2.45, 2.75) is 20.0 Å². The lowest BCUT2D eigenvalue weighted by molar-refractivity contribution is -0.137. The van der Waals surface area contributed by atoms with Crippen LogP contribution in [-0.4, -0.2) is 37.1 Å². The first-order chi connectivity index (χ1) is 13.8. The van der Waals surface area contributed by atoms with Crippen molar-refractivity contribution in [1.29, 1.82) is 0 Å². The van der Waals surface area contributed by atoms with E-state index in [2.05, 4.69) is 5.92 Å². The first-order valence-corrected chi connectivity index (χ1v) is 8.52. The molecule has 0 aliphatic carbocycles. The maximum absolute atomic E-state index is 13.2. The summed E-state index contributed by atoms with van der Waals surface area (Å²) in [7, 11) is 0. The van der Waals surface area contributed by atoms with Gasteiger partial charge < -0.3 is 19.3 Å². The molecular weight excluding hydrogens is 376 g/mol. The second-order valence-electron chi connectivity index (χ2n) is 6.34. The molecule has 3 aromatic rings. The number of carboxylic acid groups (broad SMARTS) is 2. The number of hydrogen-bond donors (Lipinski definition) is 2. The number of pyridine rings is 1. The molecule has 0 radical (unpaired) electrons. The summed E-state index contributed by atoms with van der Waals surface area (Å²) in [4.78, 5) is 49.0. The van der Waals surface area contributed by atoms with Crippen LogP contribution in [0.2, 0.25) is 0 Å². The zero-order valence-electron chi connectivity index (χ0n) is 15.4. The second-order valence-corrected chi connectivity index (χ2v) is 6.34. The van der Waals surface area contributed by atoms with E-state index in [1.54, 1.807) is 30.3 Å². The van der Waals surface area contributed by atoms with Crippen molar-refractivity contribution in [2.24, 2.45) is 0 Å². The molecule has 0 unspecified atom stereocenters. The van der Waals surface area contributed by atoms with Gasteiger partial charge in [-0.3, -0.25) is 14.4 Å². The van der Waals surface area contributed by atoms with Gasteiger partial charge in [-0.25, -0.2) is 4.79 Å². The molecule has 2 N–H and O–H groups in total. The quantitative estimate of drug-likeness (QED) is 0.487. The van der Waals surface area contributed by atoms with Crippen LogP contribution in [-0.2, 0) is 17.9 Å². The van der Waals surface area contributed by atoms with Crippen molar-refractivity contribution in [3.05, 3.63) is 69.1 Å². The lowest BCUT2D eigenvalue weighted by Gasteiger charge is -2.09. The van der Waals surface area contributed by atoms with Gasteiger partial charge in [0.2, 0.25) is 5.43 Å². The van der Waals surface area contributed by atoms with Gasteiger partial charge in [-0.15, -0.1) is 6.42 Å². The molecule has 2 aromatic heterocycles. The number of carboxylic acids is 2. The lowest BCUT2D eigenvalue weighted by Crippen LogP contribution is -2.22. The Morgan fingerprint density at radius 3 is 2.31 bits per heavy atom. The number of carbonyl (C=O) groups excluding carboxylic acids is 1. The third-order valence-electron chi connectivity index (χ3n) is 4.58. The minimum atomic E-state index is -1.47. The van der Waals surface area contributed by atoms with Crippen LogP contribution in [0.1, 0.15) is 32.0 Å². The maximum atomic E-state index is 13.2. The Balaban J connectivity index is 2.51. The van der Waals surface area contributed by atoms with Crippen LogP contribution in [0.25, 0.3) is 11.0 Å². The number of nitrogens with zero attached hydrogens (tertiary/aromatic N) is 2. The number of benzene rings is 1. The molecule has 8 nitrogen and oxygen atoms in total. The third-order valence-corrected chi connectivity index (χ3v) is 4.58. The highest BCUT2D eigenvalue weighted by Crippen LogP contribution is 2.27. The molecule has 146 valence electrons. The topological polar surface area (TPSA) is 119 Å². The Hall–Kier alpha value is -4.12. The third kappa shape index (κ3) is 3.30. The van der Waals surface area contributed by atoms with E-state index in [0.29, 0.717) is 5.56 Å². The zero-order chi connectivity index (χ0) is 21.3. The lowest BCUT2D eigenvalue weighted by atomic mass is 10.0. The van der Waals surface area contributed by atoms with E-state index >= 15 is 0 Å². The van der Waals surface area contributed by atoms with Gasteiger partial charge in [-0.2, -0.15) is 0 Å². The monoisotopic (exact) mass is 392 g/mol. The standard InChI is InChI=1S/C21H16N2O6/c1-3-9-22-10-14(21(28)29)20(27)18-17(22)16(12(2)23(18)11-15(24)25)19(26)13-7-5-4-6-8-13/h1,4-8,10H,9,11H2,2H3,(H,24,25)(H,28,29). The minimum absolute atomic E-state index is 0.108. The number of hydrogen-bond acceptors (Lipinski definition) is 4. The zero-order valence-corrected chi connectivity index (χ0v) is 15.4. The molecule has 0 saturated heterocycles. The van der Waals surface area contributed by atoms with Gasteiger partial charge in [-0.05, 0) is 6.92 Å². The van der Waals surface area contributed by atoms with E-state index in [-0.39, 0.29) is 28.8 Å². The summed E-state index contributed by atoms with van der Waals surface area (Å²) in [5, 5.41) is 18.7. The molecule has 8 heteroatoms. The van der Waals surface area contributed by atoms with E-state index < -0.39 is 35.3 Å². The molecule has 0 atom stereocenters. The van der Waals surface area contributed by atoms with Gasteiger partial charge in [0.15, 0.2) is 5.78 Å². The van der Waals surface area contributed by atoms with Gasteiger partial charge in [0.25, 0.3) is 0 Å². The van der Waals surface area contributed by atoms with Crippen LogP contribution in [0.5, 0.6) is 0 Å². The molecule has 0 aliphatic rings. The molecule has 1 aromatic carbocycles. The molecule has 2 heterocycles. The van der Waals surface area contributed by atoms with Crippen LogP contribution in [0.15, 0.2) is 41.3 Å². The Bertz CT molecular complexity index is 1260. The molecule has 29 heavy (non-hydrogen) atoms. The summed E-state index contributed by atoms with van der Waals surface area (Å²) in [6.07, 6.45) is 6.48. The van der Waals surface area contributed by atoms with Crippen molar-refractivity contribution >= 4 is 28.8 Å². The molecule has 0 amide bonds. The average molecular weight is 392 g/mol. The highest BCUT2D eigenvalue weighted by Gasteiger charge is 2.28. The van der Waals surface area contributed by atoms with Crippen molar-refractivity contribution in [1.82, 2.24) is 9.13 Å². The van der Waals surface area contributed by atoms with Gasteiger partial charge in [0.05, 0.1) is 17.6 Å². The largest absolute Gasteiger partial charge is 0.480 e. The number of aromatic nitrogens is 2. The first kappa shape index (κ1) is 19.6. The van der Waals surface area contributed by atoms with Gasteiger partial charge >= 0.3 is 11.9 Å². The van der Waals surface area contributed by atoms with E-state index in [0.717, 1.165) is 10.8 Å². The number of carbonyl (C=O) groups is 3. The number of terminal acetylenes is 1. The molecule has 0 bridgehead atoms. The van der Waals surface area contributed by atoms with E-state index in [1.165, 1.54) is 11.5 Å². The molecule has 3 rings (SSSR count). The Labute approximate surface area is 164 Å². The number of ketones is 1. The molecule has 0 saturated carbocycles. The summed E-state index contributed by atoms with van der Waals surface area (Å²) < 4.78 is 2.47. The minimum Gasteiger partial charge on any atom is -0.480 e. The normalized spacial score (nSPS) is 10.6. The summed E-state index contributed by atoms with van der Waals surface area (Å²) >= 11 is 0. The molecule has 0 spiro atoms. The van der Waals surface area contributed by atoms with Gasteiger partial charge in [0, 0.05) is 17.5 Å². The predicted molar refractivity (Wildman–Crippen MR) is 104 cm³/mol. The Morgan fingerprint density at radius 2 is 1.76 bits per heavy atom. The number of aromatic carboxylic acids is 1. The molecule has 0 fully saturated rings. The number of aliphatic carboxylic acids is 1. The van der Waals surface area contributed by atoms with Crippen LogP contribution in [0, 0.1) is 19.3 Å². The molecular formula is C21H16N2O6. The number of rotatable bonds is 6. The van der Waals surface area contributed by atoms with Crippen molar-refractivity contribution in [2.75, 3.05) is 0 Å².